The number of hydrogen-bond acceptors (Lipinski definition) is 3. The SMILES string of the molecule is C[C@@](O)(CS(=O)(=O)Cc1ccccc1)c1ccccc1. The third-order valence-corrected chi connectivity index (χ3v) is 4.90. The summed E-state index contributed by atoms with van der Waals surface area (Å²) in [4.78, 5) is 0. The Labute approximate surface area is 119 Å². The fourth-order valence-corrected chi connectivity index (χ4v) is 4.01. The van der Waals surface area contributed by atoms with E-state index < -0.39 is 15.4 Å². The third-order valence-electron chi connectivity index (χ3n) is 3.13. The van der Waals surface area contributed by atoms with Crippen LogP contribution in [0.1, 0.15) is 18.1 Å². The minimum atomic E-state index is -3.39. The molecule has 0 aliphatic rings. The van der Waals surface area contributed by atoms with Gasteiger partial charge in [-0.15, -0.1) is 0 Å². The summed E-state index contributed by atoms with van der Waals surface area (Å²) >= 11 is 0. The van der Waals surface area contributed by atoms with Gasteiger partial charge in [-0.05, 0) is 18.1 Å². The summed E-state index contributed by atoms with van der Waals surface area (Å²) in [7, 11) is -3.39. The van der Waals surface area contributed by atoms with Crippen molar-refractivity contribution >= 4 is 9.84 Å². The van der Waals surface area contributed by atoms with Crippen LogP contribution < -0.4 is 0 Å². The van der Waals surface area contributed by atoms with Gasteiger partial charge in [-0.3, -0.25) is 0 Å². The Bertz CT molecular complexity index is 647. The first kappa shape index (κ1) is 14.8. The van der Waals surface area contributed by atoms with Gasteiger partial charge in [0.25, 0.3) is 0 Å². The summed E-state index contributed by atoms with van der Waals surface area (Å²) in [5.74, 6) is -0.351. The Kier molecular flexibility index (Phi) is 4.26. The van der Waals surface area contributed by atoms with Crippen LogP contribution in [0, 0.1) is 0 Å². The summed E-state index contributed by atoms with van der Waals surface area (Å²) in [6.07, 6.45) is 0. The van der Waals surface area contributed by atoms with Gasteiger partial charge in [-0.25, -0.2) is 8.42 Å². The lowest BCUT2D eigenvalue weighted by atomic mass is 9.99. The number of sulfone groups is 1. The van der Waals surface area contributed by atoms with E-state index in [-0.39, 0.29) is 11.5 Å². The van der Waals surface area contributed by atoms with Gasteiger partial charge in [0, 0.05) is 0 Å². The first-order valence-corrected chi connectivity index (χ1v) is 8.23. The number of hydrogen-bond donors (Lipinski definition) is 1. The zero-order valence-corrected chi connectivity index (χ0v) is 12.2. The van der Waals surface area contributed by atoms with Gasteiger partial charge in [-0.2, -0.15) is 0 Å². The Balaban J connectivity index is 2.16. The molecule has 0 aliphatic heterocycles. The monoisotopic (exact) mass is 290 g/mol. The summed E-state index contributed by atoms with van der Waals surface area (Å²) < 4.78 is 24.5. The van der Waals surface area contributed by atoms with Crippen molar-refractivity contribution in [3.8, 4) is 0 Å². The van der Waals surface area contributed by atoms with Crippen LogP contribution in [0.15, 0.2) is 60.7 Å². The van der Waals surface area contributed by atoms with E-state index in [4.69, 9.17) is 0 Å². The molecule has 1 N–H and O–H groups in total. The Morgan fingerprint density at radius 3 is 2.00 bits per heavy atom. The molecule has 0 unspecified atom stereocenters. The molecule has 20 heavy (non-hydrogen) atoms. The zero-order chi connectivity index (χ0) is 14.6. The van der Waals surface area contributed by atoms with E-state index in [1.165, 1.54) is 6.92 Å². The average molecular weight is 290 g/mol. The number of rotatable bonds is 5. The normalized spacial score (nSPS) is 14.7. The Hall–Kier alpha value is -1.65. The molecule has 0 amide bonds. The molecular weight excluding hydrogens is 272 g/mol. The fourth-order valence-electron chi connectivity index (χ4n) is 2.19. The third kappa shape index (κ3) is 3.92. The van der Waals surface area contributed by atoms with Crippen molar-refractivity contribution in [2.24, 2.45) is 0 Å². The maximum absolute atomic E-state index is 12.2. The molecule has 0 aromatic heterocycles. The molecule has 3 nitrogen and oxygen atoms in total. The highest BCUT2D eigenvalue weighted by Gasteiger charge is 2.30. The lowest BCUT2D eigenvalue weighted by Gasteiger charge is -2.23. The summed E-state index contributed by atoms with van der Waals surface area (Å²) in [5.41, 5.74) is -0.0393. The average Bonchev–Trinajstić information content (AvgIpc) is 2.39. The van der Waals surface area contributed by atoms with E-state index >= 15 is 0 Å². The van der Waals surface area contributed by atoms with Crippen molar-refractivity contribution in [3.05, 3.63) is 71.8 Å². The van der Waals surface area contributed by atoms with Crippen LogP contribution in [0.25, 0.3) is 0 Å². The number of aliphatic hydroxyl groups is 1. The first-order valence-electron chi connectivity index (χ1n) is 6.41. The molecule has 106 valence electrons. The first-order chi connectivity index (χ1) is 9.39. The van der Waals surface area contributed by atoms with Gasteiger partial charge >= 0.3 is 0 Å². The Morgan fingerprint density at radius 1 is 0.950 bits per heavy atom. The van der Waals surface area contributed by atoms with Crippen molar-refractivity contribution in [1.82, 2.24) is 0 Å². The highest BCUT2D eigenvalue weighted by molar-refractivity contribution is 7.90. The van der Waals surface area contributed by atoms with Crippen LogP contribution in [0.5, 0.6) is 0 Å². The van der Waals surface area contributed by atoms with E-state index in [1.807, 2.05) is 12.1 Å². The fraction of sp³-hybridized carbons (Fsp3) is 0.250. The molecule has 4 heteroatoms. The molecule has 0 radical (unpaired) electrons. The lowest BCUT2D eigenvalue weighted by molar-refractivity contribution is 0.0819. The second-order valence-corrected chi connectivity index (χ2v) is 7.22. The molecule has 0 bridgehead atoms. The highest BCUT2D eigenvalue weighted by Crippen LogP contribution is 2.23. The van der Waals surface area contributed by atoms with Crippen LogP contribution >= 0.6 is 0 Å². The smallest absolute Gasteiger partial charge is 0.157 e. The molecule has 2 aromatic carbocycles. The standard InChI is InChI=1S/C16H18O3S/c1-16(17,15-10-6-3-7-11-15)13-20(18,19)12-14-8-4-2-5-9-14/h2-11,17H,12-13H2,1H3/t16-/m1/s1. The van der Waals surface area contributed by atoms with Crippen LogP contribution in [0.3, 0.4) is 0 Å². The largest absolute Gasteiger partial charge is 0.384 e. The van der Waals surface area contributed by atoms with E-state index in [2.05, 4.69) is 0 Å². The van der Waals surface area contributed by atoms with Gasteiger partial charge < -0.3 is 5.11 Å². The topological polar surface area (TPSA) is 54.4 Å². The molecule has 1 atom stereocenters. The van der Waals surface area contributed by atoms with E-state index in [0.29, 0.717) is 5.56 Å². The second kappa shape index (κ2) is 5.77. The zero-order valence-electron chi connectivity index (χ0n) is 11.4. The van der Waals surface area contributed by atoms with Gasteiger partial charge in [0.05, 0.1) is 11.5 Å². The highest BCUT2D eigenvalue weighted by atomic mass is 32.2. The van der Waals surface area contributed by atoms with Crippen molar-refractivity contribution in [2.75, 3.05) is 5.75 Å². The summed E-state index contributed by atoms with van der Waals surface area (Å²) in [5, 5.41) is 10.4. The van der Waals surface area contributed by atoms with Crippen molar-refractivity contribution in [3.63, 3.8) is 0 Å². The predicted octanol–water partition coefficient (Wildman–Crippen LogP) is 2.51. The molecule has 0 saturated heterocycles. The van der Waals surface area contributed by atoms with Crippen LogP contribution in [0.2, 0.25) is 0 Å². The predicted molar refractivity (Wildman–Crippen MR) is 79.9 cm³/mol. The van der Waals surface area contributed by atoms with Crippen LogP contribution in [0.4, 0.5) is 0 Å². The maximum Gasteiger partial charge on any atom is 0.157 e. The van der Waals surface area contributed by atoms with E-state index in [0.717, 1.165) is 5.56 Å². The van der Waals surface area contributed by atoms with E-state index in [1.54, 1.807) is 48.5 Å². The van der Waals surface area contributed by atoms with Crippen LogP contribution in [-0.4, -0.2) is 19.3 Å². The molecule has 0 saturated carbocycles. The number of benzene rings is 2. The molecule has 0 fully saturated rings. The second-order valence-electron chi connectivity index (χ2n) is 5.16. The molecular formula is C16H18O3S. The maximum atomic E-state index is 12.2. The van der Waals surface area contributed by atoms with E-state index in [9.17, 15) is 13.5 Å². The van der Waals surface area contributed by atoms with Gasteiger partial charge in [-0.1, -0.05) is 60.7 Å². The van der Waals surface area contributed by atoms with Crippen LogP contribution in [-0.2, 0) is 21.2 Å². The molecule has 2 rings (SSSR count). The quantitative estimate of drug-likeness (QED) is 0.920. The lowest BCUT2D eigenvalue weighted by Crippen LogP contribution is -2.31. The summed E-state index contributed by atoms with van der Waals surface area (Å²) in [6, 6.07) is 17.9. The van der Waals surface area contributed by atoms with Gasteiger partial charge in [0.1, 0.15) is 5.60 Å². The Morgan fingerprint density at radius 2 is 1.45 bits per heavy atom. The molecule has 0 heterocycles. The minimum Gasteiger partial charge on any atom is -0.384 e. The molecule has 0 spiro atoms. The molecule has 2 aromatic rings. The van der Waals surface area contributed by atoms with Crippen molar-refractivity contribution in [2.45, 2.75) is 18.3 Å². The molecule has 0 aliphatic carbocycles. The van der Waals surface area contributed by atoms with Crippen molar-refractivity contribution < 1.29 is 13.5 Å². The minimum absolute atomic E-state index is 0.0587. The van der Waals surface area contributed by atoms with Gasteiger partial charge in [0.2, 0.25) is 0 Å². The van der Waals surface area contributed by atoms with Crippen molar-refractivity contribution in [1.29, 1.82) is 0 Å². The summed E-state index contributed by atoms with van der Waals surface area (Å²) in [6.45, 7) is 1.53. The van der Waals surface area contributed by atoms with Gasteiger partial charge in [0.15, 0.2) is 9.84 Å².